The molecule has 1 atom stereocenters. The molecule has 0 bridgehead atoms. The first-order valence-electron chi connectivity index (χ1n) is 7.61. The third-order valence-electron chi connectivity index (χ3n) is 3.25. The Morgan fingerprint density at radius 1 is 1.12 bits per heavy atom. The highest BCUT2D eigenvalue weighted by atomic mass is 35.5. The summed E-state index contributed by atoms with van der Waals surface area (Å²) in [5.74, 6) is -0.459. The number of halogens is 2. The number of esters is 1. The Hall–Kier alpha value is -2.24. The number of amides is 1. The number of para-hydroxylation sites is 1. The first kappa shape index (κ1) is 19.1. The van der Waals surface area contributed by atoms with Gasteiger partial charge >= 0.3 is 5.97 Å². The van der Waals surface area contributed by atoms with Crippen LogP contribution >= 0.6 is 23.2 Å². The molecule has 2 aromatic rings. The van der Waals surface area contributed by atoms with E-state index in [4.69, 9.17) is 32.7 Å². The van der Waals surface area contributed by atoms with Crippen LogP contribution in [0.5, 0.6) is 5.75 Å². The third-order valence-corrected chi connectivity index (χ3v) is 3.87. The predicted molar refractivity (Wildman–Crippen MR) is 97.6 cm³/mol. The van der Waals surface area contributed by atoms with Crippen molar-refractivity contribution in [2.45, 2.75) is 20.0 Å². The predicted octanol–water partition coefficient (Wildman–Crippen LogP) is 4.58. The lowest BCUT2D eigenvalue weighted by molar-refractivity contribution is -0.122. The van der Waals surface area contributed by atoms with Crippen molar-refractivity contribution in [3.8, 4) is 5.75 Å². The molecule has 0 radical (unpaired) electrons. The minimum Gasteiger partial charge on any atom is -0.479 e. The van der Waals surface area contributed by atoms with Gasteiger partial charge < -0.3 is 14.8 Å². The number of benzene rings is 2. The van der Waals surface area contributed by atoms with E-state index in [1.54, 1.807) is 38.1 Å². The molecular formula is C18H17Cl2NO4. The van der Waals surface area contributed by atoms with Gasteiger partial charge in [-0.15, -0.1) is 0 Å². The van der Waals surface area contributed by atoms with Crippen molar-refractivity contribution in [1.82, 2.24) is 0 Å². The molecule has 0 unspecified atom stereocenters. The number of nitrogens with one attached hydrogen (secondary N) is 1. The Kier molecular flexibility index (Phi) is 6.67. The molecule has 132 valence electrons. The minimum atomic E-state index is -0.791. The molecule has 0 spiro atoms. The molecule has 0 aliphatic carbocycles. The number of rotatable bonds is 6. The van der Waals surface area contributed by atoms with Gasteiger partial charge in [0.2, 0.25) is 0 Å². The molecule has 1 N–H and O–H groups in total. The minimum absolute atomic E-state index is 0.226. The highest BCUT2D eigenvalue weighted by Gasteiger charge is 2.18. The molecule has 0 saturated heterocycles. The molecule has 0 aliphatic heterocycles. The molecule has 25 heavy (non-hydrogen) atoms. The number of hydrogen-bond acceptors (Lipinski definition) is 4. The highest BCUT2D eigenvalue weighted by molar-refractivity contribution is 6.34. The Morgan fingerprint density at radius 3 is 2.48 bits per heavy atom. The van der Waals surface area contributed by atoms with Gasteiger partial charge in [0, 0.05) is 0 Å². The Labute approximate surface area is 155 Å². The lowest BCUT2D eigenvalue weighted by Crippen LogP contribution is -2.30. The monoisotopic (exact) mass is 381 g/mol. The van der Waals surface area contributed by atoms with Crippen LogP contribution in [0.25, 0.3) is 0 Å². The molecule has 2 aromatic carbocycles. The summed E-state index contributed by atoms with van der Waals surface area (Å²) in [7, 11) is 0. The van der Waals surface area contributed by atoms with Crippen LogP contribution in [0.3, 0.4) is 0 Å². The van der Waals surface area contributed by atoms with Crippen molar-refractivity contribution in [3.05, 3.63) is 58.1 Å². The van der Waals surface area contributed by atoms with Crippen molar-refractivity contribution in [2.24, 2.45) is 0 Å². The van der Waals surface area contributed by atoms with Gasteiger partial charge in [-0.25, -0.2) is 4.79 Å². The average Bonchev–Trinajstić information content (AvgIpc) is 2.58. The molecule has 2 rings (SSSR count). The van der Waals surface area contributed by atoms with Crippen LogP contribution in [0.1, 0.15) is 24.2 Å². The molecule has 1 amide bonds. The van der Waals surface area contributed by atoms with E-state index in [0.29, 0.717) is 22.0 Å². The van der Waals surface area contributed by atoms with Crippen LogP contribution in [-0.4, -0.2) is 24.6 Å². The fraction of sp³-hybridized carbons (Fsp3) is 0.222. The normalized spacial score (nSPS) is 11.5. The maximum absolute atomic E-state index is 12.3. The van der Waals surface area contributed by atoms with Crippen LogP contribution in [0, 0.1) is 0 Å². The van der Waals surface area contributed by atoms with E-state index in [1.807, 2.05) is 0 Å². The quantitative estimate of drug-likeness (QED) is 0.743. The molecule has 0 fully saturated rings. The van der Waals surface area contributed by atoms with Crippen molar-refractivity contribution >= 4 is 40.8 Å². The number of ether oxygens (including phenoxy) is 2. The van der Waals surface area contributed by atoms with E-state index in [2.05, 4.69) is 5.32 Å². The topological polar surface area (TPSA) is 64.6 Å². The maximum Gasteiger partial charge on any atom is 0.338 e. The van der Waals surface area contributed by atoms with Gasteiger partial charge in [0.1, 0.15) is 5.75 Å². The van der Waals surface area contributed by atoms with Gasteiger partial charge in [0.25, 0.3) is 5.91 Å². The standard InChI is InChI=1S/C18H17Cl2NO4/c1-3-24-18(23)12-8-9-15(14(20)10-12)21-17(22)11(2)25-16-7-5-4-6-13(16)19/h4-11H,3H2,1-2H3,(H,21,22)/t11-/m1/s1. The Morgan fingerprint density at radius 2 is 1.84 bits per heavy atom. The average molecular weight is 382 g/mol. The summed E-state index contributed by atoms with van der Waals surface area (Å²) in [4.78, 5) is 23.9. The summed E-state index contributed by atoms with van der Waals surface area (Å²) in [6.45, 7) is 3.58. The van der Waals surface area contributed by atoms with Crippen LogP contribution in [0.4, 0.5) is 5.69 Å². The van der Waals surface area contributed by atoms with Gasteiger partial charge in [-0.1, -0.05) is 35.3 Å². The van der Waals surface area contributed by atoms with Crippen molar-refractivity contribution in [3.63, 3.8) is 0 Å². The summed E-state index contributed by atoms with van der Waals surface area (Å²) < 4.78 is 10.5. The molecular weight excluding hydrogens is 365 g/mol. The van der Waals surface area contributed by atoms with E-state index in [9.17, 15) is 9.59 Å². The molecule has 0 aromatic heterocycles. The fourth-order valence-corrected chi connectivity index (χ4v) is 2.38. The maximum atomic E-state index is 12.3. The molecule has 0 heterocycles. The number of anilines is 1. The zero-order chi connectivity index (χ0) is 18.4. The Bertz CT molecular complexity index is 779. The van der Waals surface area contributed by atoms with Crippen LogP contribution < -0.4 is 10.1 Å². The summed E-state index contributed by atoms with van der Waals surface area (Å²) in [5.41, 5.74) is 0.680. The second-order valence-electron chi connectivity index (χ2n) is 5.09. The van der Waals surface area contributed by atoms with Crippen molar-refractivity contribution in [1.29, 1.82) is 0 Å². The fourth-order valence-electron chi connectivity index (χ4n) is 1.98. The third kappa shape index (κ3) is 5.11. The first-order chi connectivity index (χ1) is 11.9. The van der Waals surface area contributed by atoms with Gasteiger partial charge in [0.15, 0.2) is 6.10 Å². The molecule has 7 heteroatoms. The number of hydrogen-bond donors (Lipinski definition) is 1. The van der Waals surface area contributed by atoms with Crippen molar-refractivity contribution in [2.75, 3.05) is 11.9 Å². The van der Waals surface area contributed by atoms with Gasteiger partial charge in [-0.2, -0.15) is 0 Å². The summed E-state index contributed by atoms with van der Waals surface area (Å²) in [6, 6.07) is 11.4. The van der Waals surface area contributed by atoms with E-state index in [0.717, 1.165) is 0 Å². The summed E-state index contributed by atoms with van der Waals surface area (Å²) >= 11 is 12.1. The second kappa shape index (κ2) is 8.74. The lowest BCUT2D eigenvalue weighted by Gasteiger charge is -2.16. The largest absolute Gasteiger partial charge is 0.479 e. The van der Waals surface area contributed by atoms with Crippen molar-refractivity contribution < 1.29 is 19.1 Å². The zero-order valence-corrected chi connectivity index (χ0v) is 15.2. The second-order valence-corrected chi connectivity index (χ2v) is 5.91. The molecule has 0 saturated carbocycles. The van der Waals surface area contributed by atoms with Crippen LogP contribution in [0.15, 0.2) is 42.5 Å². The van der Waals surface area contributed by atoms with Crippen LogP contribution in [-0.2, 0) is 9.53 Å². The summed E-state index contributed by atoms with van der Waals surface area (Å²) in [5, 5.41) is 3.30. The number of carbonyl (C=O) groups is 2. The van der Waals surface area contributed by atoms with E-state index < -0.39 is 18.0 Å². The smallest absolute Gasteiger partial charge is 0.338 e. The van der Waals surface area contributed by atoms with E-state index in [1.165, 1.54) is 18.2 Å². The van der Waals surface area contributed by atoms with Gasteiger partial charge in [-0.05, 0) is 44.2 Å². The molecule has 5 nitrogen and oxygen atoms in total. The van der Waals surface area contributed by atoms with E-state index >= 15 is 0 Å². The number of carbonyl (C=O) groups excluding carboxylic acids is 2. The van der Waals surface area contributed by atoms with E-state index in [-0.39, 0.29) is 11.6 Å². The van der Waals surface area contributed by atoms with Gasteiger partial charge in [-0.3, -0.25) is 4.79 Å². The molecule has 0 aliphatic rings. The summed E-state index contributed by atoms with van der Waals surface area (Å²) in [6.07, 6.45) is -0.791. The lowest BCUT2D eigenvalue weighted by atomic mass is 10.2. The first-order valence-corrected chi connectivity index (χ1v) is 8.36. The van der Waals surface area contributed by atoms with Crippen LogP contribution in [0.2, 0.25) is 10.0 Å². The zero-order valence-electron chi connectivity index (χ0n) is 13.7. The van der Waals surface area contributed by atoms with Gasteiger partial charge in [0.05, 0.1) is 27.9 Å². The highest BCUT2D eigenvalue weighted by Crippen LogP contribution is 2.26. The Balaban J connectivity index is 2.04. The SMILES string of the molecule is CCOC(=O)c1ccc(NC(=O)[C@@H](C)Oc2ccccc2Cl)c(Cl)c1.